The van der Waals surface area contributed by atoms with Gasteiger partial charge in [-0.2, -0.15) is 30.7 Å². The summed E-state index contributed by atoms with van der Waals surface area (Å²) >= 11 is 0. The Morgan fingerprint density at radius 2 is 1.20 bits per heavy atom. The van der Waals surface area contributed by atoms with Gasteiger partial charge in [-0.3, -0.25) is 0 Å². The molecule has 0 aliphatic rings. The van der Waals surface area contributed by atoms with Crippen LogP contribution in [0.25, 0.3) is 0 Å². The second kappa shape index (κ2) is 4.09. The topological polar surface area (TPSA) is 0 Å². The van der Waals surface area contributed by atoms with E-state index in [1.54, 1.807) is 0 Å². The van der Waals surface area contributed by atoms with Gasteiger partial charge >= 0.3 is 18.0 Å². The van der Waals surface area contributed by atoms with Crippen molar-refractivity contribution in [3.63, 3.8) is 0 Å². The van der Waals surface area contributed by atoms with Gasteiger partial charge in [0, 0.05) is 0 Å². The molecular weight excluding hydrogens is 243 g/mol. The van der Waals surface area contributed by atoms with Crippen LogP contribution in [0.5, 0.6) is 0 Å². The van der Waals surface area contributed by atoms with E-state index in [9.17, 15) is 39.5 Å². The predicted octanol–water partition coefficient (Wildman–Crippen LogP) is 3.52. The van der Waals surface area contributed by atoms with Gasteiger partial charge in [0.1, 0.15) is 0 Å². The van der Waals surface area contributed by atoms with E-state index in [-0.39, 0.29) is 0 Å². The Labute approximate surface area is 78.1 Å². The fourth-order valence-corrected chi connectivity index (χ4v) is 0.588. The maximum atomic E-state index is 12.3. The van der Waals surface area contributed by atoms with Gasteiger partial charge < -0.3 is 0 Å². The summed E-state index contributed by atoms with van der Waals surface area (Å²) < 4.78 is 106. The van der Waals surface area contributed by atoms with Crippen molar-refractivity contribution in [3.05, 3.63) is 0 Å². The van der Waals surface area contributed by atoms with E-state index in [1.807, 2.05) is 0 Å². The number of alkyl halides is 9. The molecule has 0 spiro atoms. The largest absolute Gasteiger partial charge is 0.419 e. The molecule has 1 unspecified atom stereocenters. The van der Waals surface area contributed by atoms with Crippen LogP contribution in [-0.4, -0.2) is 30.9 Å². The normalized spacial score (nSPS) is 16.6. The lowest BCUT2D eigenvalue weighted by atomic mass is 10.1. The molecule has 0 saturated heterocycles. The lowest BCUT2D eigenvalue weighted by molar-refractivity contribution is -0.251. The summed E-state index contributed by atoms with van der Waals surface area (Å²) in [6.45, 7) is -2.86. The number of hydrogen-bond donors (Lipinski definition) is 0. The minimum Gasteiger partial charge on any atom is -0.244 e. The summed E-state index contributed by atoms with van der Waals surface area (Å²) in [5, 5.41) is 0. The van der Waals surface area contributed by atoms with Crippen LogP contribution < -0.4 is 0 Å². The predicted molar refractivity (Wildman–Crippen MR) is 31.4 cm³/mol. The highest BCUT2D eigenvalue weighted by molar-refractivity contribution is 4.88. The third-order valence-electron chi connectivity index (χ3n) is 1.49. The molecule has 0 amide bonds. The lowest BCUT2D eigenvalue weighted by Gasteiger charge is -2.25. The van der Waals surface area contributed by atoms with Gasteiger partial charge in [0.05, 0.1) is 6.42 Å². The molecule has 0 aromatic heterocycles. The average molecular weight is 248 g/mol. The van der Waals surface area contributed by atoms with Crippen LogP contribution >= 0.6 is 0 Å². The van der Waals surface area contributed by atoms with Crippen molar-refractivity contribution < 1.29 is 39.5 Å². The second-order valence-corrected chi connectivity index (χ2v) is 2.76. The summed E-state index contributed by atoms with van der Waals surface area (Å²) in [7, 11) is 0. The first-order chi connectivity index (χ1) is 6.44. The molecule has 0 fully saturated rings. The van der Waals surface area contributed by atoms with E-state index >= 15 is 0 Å². The summed E-state index contributed by atoms with van der Waals surface area (Å²) in [5.74, 6) is -10.7. The lowest BCUT2D eigenvalue weighted by Crippen LogP contribution is -2.46. The molecule has 0 N–H and O–H groups in total. The molecule has 0 bridgehead atoms. The first-order valence-corrected chi connectivity index (χ1v) is 3.46. The first-order valence-electron chi connectivity index (χ1n) is 3.46. The quantitative estimate of drug-likeness (QED) is 0.668. The molecule has 1 atom stereocenters. The van der Waals surface area contributed by atoms with Gasteiger partial charge in [-0.15, -0.1) is 0 Å². The van der Waals surface area contributed by atoms with E-state index in [2.05, 4.69) is 0 Å². The van der Waals surface area contributed by atoms with Crippen LogP contribution in [0.3, 0.4) is 0 Å². The molecule has 0 aliphatic carbocycles. The maximum absolute atomic E-state index is 12.3. The SMILES string of the molecule is FCC(F)(F)C(F)(F)CC(F)C(F)(F)F. The zero-order valence-electron chi connectivity index (χ0n) is 6.89. The van der Waals surface area contributed by atoms with Crippen LogP contribution in [0.1, 0.15) is 6.42 Å². The Hall–Kier alpha value is -0.630. The molecule has 0 heterocycles. The van der Waals surface area contributed by atoms with Gasteiger partial charge in [-0.1, -0.05) is 0 Å². The van der Waals surface area contributed by atoms with Gasteiger partial charge in [-0.05, 0) is 0 Å². The second-order valence-electron chi connectivity index (χ2n) is 2.76. The van der Waals surface area contributed by atoms with Crippen molar-refractivity contribution in [2.24, 2.45) is 0 Å². The van der Waals surface area contributed by atoms with Crippen LogP contribution in [0.15, 0.2) is 0 Å². The summed E-state index contributed by atoms with van der Waals surface area (Å²) in [4.78, 5) is 0. The van der Waals surface area contributed by atoms with E-state index < -0.39 is 37.3 Å². The molecule has 92 valence electrons. The van der Waals surface area contributed by atoms with Crippen LogP contribution in [0.2, 0.25) is 0 Å². The maximum Gasteiger partial charge on any atom is 0.419 e. The van der Waals surface area contributed by atoms with Crippen LogP contribution in [-0.2, 0) is 0 Å². The van der Waals surface area contributed by atoms with Crippen LogP contribution in [0, 0.1) is 0 Å². The van der Waals surface area contributed by atoms with Gasteiger partial charge in [-0.25, -0.2) is 8.78 Å². The summed E-state index contributed by atoms with van der Waals surface area (Å²) in [5.41, 5.74) is 0. The minimum absolute atomic E-state index is 2.80. The molecule has 0 nitrogen and oxygen atoms in total. The van der Waals surface area contributed by atoms with E-state index in [1.165, 1.54) is 0 Å². The Balaban J connectivity index is 4.65. The molecular formula is C6H5F9. The van der Waals surface area contributed by atoms with Gasteiger partial charge in [0.25, 0.3) is 0 Å². The molecule has 0 radical (unpaired) electrons. The standard InChI is InChI=1S/C6H5F9/c7-2-5(11,12)4(9,10)1-3(8)6(13,14)15/h3H,1-2H2. The van der Waals surface area contributed by atoms with E-state index in [0.717, 1.165) is 0 Å². The molecule has 0 saturated carbocycles. The highest BCUT2D eigenvalue weighted by Gasteiger charge is 2.60. The number of halogens is 9. The molecule has 0 aromatic rings. The molecule has 9 heteroatoms. The zero-order valence-corrected chi connectivity index (χ0v) is 6.89. The van der Waals surface area contributed by atoms with Crippen molar-refractivity contribution in [2.75, 3.05) is 6.67 Å². The smallest absolute Gasteiger partial charge is 0.244 e. The molecule has 0 rings (SSSR count). The Kier molecular flexibility index (Phi) is 3.92. The van der Waals surface area contributed by atoms with Gasteiger partial charge in [0.15, 0.2) is 6.67 Å². The fourth-order valence-electron chi connectivity index (χ4n) is 0.588. The highest BCUT2D eigenvalue weighted by atomic mass is 19.4. The number of hydrogen-bond acceptors (Lipinski definition) is 0. The highest BCUT2D eigenvalue weighted by Crippen LogP contribution is 2.41. The van der Waals surface area contributed by atoms with Crippen molar-refractivity contribution >= 4 is 0 Å². The Morgan fingerprint density at radius 3 is 1.47 bits per heavy atom. The van der Waals surface area contributed by atoms with E-state index in [0.29, 0.717) is 0 Å². The fraction of sp³-hybridized carbons (Fsp3) is 1.00. The van der Waals surface area contributed by atoms with Crippen molar-refractivity contribution in [3.8, 4) is 0 Å². The van der Waals surface area contributed by atoms with Crippen molar-refractivity contribution in [1.29, 1.82) is 0 Å². The third-order valence-corrected chi connectivity index (χ3v) is 1.49. The molecule has 0 aromatic carbocycles. The first kappa shape index (κ1) is 14.4. The molecule has 15 heavy (non-hydrogen) atoms. The third kappa shape index (κ3) is 3.45. The number of rotatable bonds is 4. The van der Waals surface area contributed by atoms with E-state index in [4.69, 9.17) is 0 Å². The van der Waals surface area contributed by atoms with Crippen molar-refractivity contribution in [1.82, 2.24) is 0 Å². The summed E-state index contributed by atoms with van der Waals surface area (Å²) in [6.07, 6.45) is -12.6. The Morgan fingerprint density at radius 1 is 0.800 bits per heavy atom. The van der Waals surface area contributed by atoms with Gasteiger partial charge in [0.2, 0.25) is 6.17 Å². The Bertz CT molecular complexity index is 205. The zero-order chi connectivity index (χ0) is 12.5. The summed E-state index contributed by atoms with van der Waals surface area (Å²) in [6, 6.07) is 0. The monoisotopic (exact) mass is 248 g/mol. The average Bonchev–Trinajstić information content (AvgIpc) is 2.01. The van der Waals surface area contributed by atoms with Crippen molar-refractivity contribution in [2.45, 2.75) is 30.6 Å². The van der Waals surface area contributed by atoms with Crippen LogP contribution in [0.4, 0.5) is 39.5 Å². The molecule has 0 aliphatic heterocycles. The minimum atomic E-state index is -5.67.